The minimum atomic E-state index is -4.11. The summed E-state index contributed by atoms with van der Waals surface area (Å²) in [6.07, 6.45) is 0. The third-order valence-corrected chi connectivity index (χ3v) is 12.5. The van der Waals surface area contributed by atoms with Crippen LogP contribution in [0.3, 0.4) is 0 Å². The number of carbonyl (C=O) groups is 1. The van der Waals surface area contributed by atoms with Crippen molar-refractivity contribution < 1.29 is 13.2 Å². The summed E-state index contributed by atoms with van der Waals surface area (Å²) in [7, 11) is -4.11. The molecule has 2 aliphatic rings. The van der Waals surface area contributed by atoms with Gasteiger partial charge in [0.2, 0.25) is 5.91 Å². The van der Waals surface area contributed by atoms with Gasteiger partial charge in [-0.2, -0.15) is 0 Å². The summed E-state index contributed by atoms with van der Waals surface area (Å²) in [5.41, 5.74) is 17.1. The van der Waals surface area contributed by atoms with E-state index in [2.05, 4.69) is 78.7 Å². The summed E-state index contributed by atoms with van der Waals surface area (Å²) in [5, 5.41) is 0. The number of rotatable bonds is 8. The SMILES string of the molecule is Cc1ccc(S(=O)(=O)NNC(=O)C2c3[nH]c2c(-c2ccccc2)c2ccc([nH]2)[c+](-c2ccccc2)c2ccc([nH]2)[c+](-c2ccccc2)c2ccc([nH]2)c3-c2ccccc2)cc1. The summed E-state index contributed by atoms with van der Waals surface area (Å²) in [6, 6.07) is 59.2. The van der Waals surface area contributed by atoms with Crippen LogP contribution in [0.5, 0.6) is 0 Å². The van der Waals surface area contributed by atoms with E-state index >= 15 is 0 Å². The Balaban J connectivity index is 1.31. The fraction of sp³-hybridized carbons (Fsp3) is 0.0392. The van der Waals surface area contributed by atoms with Crippen LogP contribution in [-0.4, -0.2) is 34.3 Å². The maximum Gasteiger partial charge on any atom is 0.257 e. The van der Waals surface area contributed by atoms with Crippen molar-refractivity contribution in [1.82, 2.24) is 30.2 Å². The van der Waals surface area contributed by atoms with Crippen molar-refractivity contribution in [1.29, 1.82) is 0 Å². The van der Waals surface area contributed by atoms with E-state index in [1.807, 2.05) is 116 Å². The minimum Gasteiger partial charge on any atom is -0.359 e. The fourth-order valence-corrected chi connectivity index (χ4v) is 9.15. The summed E-state index contributed by atoms with van der Waals surface area (Å²) >= 11 is 0. The Hall–Kier alpha value is -7.66. The van der Waals surface area contributed by atoms with Gasteiger partial charge in [-0.15, -0.1) is 4.83 Å². The summed E-state index contributed by atoms with van der Waals surface area (Å²) in [4.78, 5) is 32.2. The summed E-state index contributed by atoms with van der Waals surface area (Å²) in [6.45, 7) is 1.88. The highest BCUT2D eigenvalue weighted by Crippen LogP contribution is 2.44. The first-order valence-electron chi connectivity index (χ1n) is 20.0. The molecule has 1 amide bonds. The van der Waals surface area contributed by atoms with Crippen molar-refractivity contribution in [2.45, 2.75) is 17.7 Å². The fourth-order valence-electron chi connectivity index (χ4n) is 8.30. The zero-order chi connectivity index (χ0) is 41.5. The van der Waals surface area contributed by atoms with E-state index < -0.39 is 21.8 Å². The van der Waals surface area contributed by atoms with Crippen LogP contribution in [0, 0.1) is 6.92 Å². The molecule has 2 aliphatic heterocycles. The molecule has 9 aromatic rings. The van der Waals surface area contributed by atoms with Gasteiger partial charge in [-0.25, -0.2) is 8.42 Å². The molecule has 4 aromatic heterocycles. The van der Waals surface area contributed by atoms with Gasteiger partial charge in [-0.1, -0.05) is 78.4 Å². The van der Waals surface area contributed by atoms with Crippen molar-refractivity contribution >= 4 is 49.0 Å². The van der Waals surface area contributed by atoms with Crippen molar-refractivity contribution in [3.05, 3.63) is 199 Å². The van der Waals surface area contributed by atoms with Gasteiger partial charge in [0.15, 0.2) is 0 Å². The average molecular weight is 817 g/mol. The Morgan fingerprint density at radius 2 is 0.902 bits per heavy atom. The lowest BCUT2D eigenvalue weighted by Crippen LogP contribution is -2.46. The molecule has 10 heteroatoms. The predicted octanol–water partition coefficient (Wildman–Crippen LogP) is 11.1. The van der Waals surface area contributed by atoms with Crippen molar-refractivity contribution in [3.63, 3.8) is 0 Å². The van der Waals surface area contributed by atoms with E-state index in [-0.39, 0.29) is 4.90 Å². The number of H-pyrrole nitrogens is 4. The van der Waals surface area contributed by atoms with Crippen molar-refractivity contribution in [3.8, 4) is 44.5 Å². The molecule has 11 rings (SSSR count). The molecule has 0 saturated carbocycles. The topological polar surface area (TPSA) is 138 Å². The van der Waals surface area contributed by atoms with Gasteiger partial charge in [-0.05, 0) is 78.7 Å². The van der Waals surface area contributed by atoms with Crippen LogP contribution in [0.25, 0.3) is 77.6 Å². The van der Waals surface area contributed by atoms with Crippen LogP contribution in [0.4, 0.5) is 0 Å². The van der Waals surface area contributed by atoms with Gasteiger partial charge in [-0.3, -0.25) is 10.2 Å². The van der Waals surface area contributed by atoms with Gasteiger partial charge in [0.25, 0.3) is 10.0 Å². The molecule has 0 atom stereocenters. The molecule has 5 aromatic carbocycles. The van der Waals surface area contributed by atoms with Crippen LogP contribution in [0.15, 0.2) is 187 Å². The van der Waals surface area contributed by atoms with Crippen LogP contribution in [0.2, 0.25) is 0 Å². The third kappa shape index (κ3) is 7.03. The van der Waals surface area contributed by atoms with E-state index in [4.69, 9.17) is 0 Å². The number of hydrogen-bond donors (Lipinski definition) is 6. The Morgan fingerprint density at radius 3 is 1.36 bits per heavy atom. The molecule has 296 valence electrons. The van der Waals surface area contributed by atoms with Crippen LogP contribution >= 0.6 is 0 Å². The summed E-state index contributed by atoms with van der Waals surface area (Å²) < 4.78 is 27.1. The number of aromatic amines is 4. The first-order chi connectivity index (χ1) is 29.8. The lowest BCUT2D eigenvalue weighted by atomic mass is 9.84. The molecular weight excluding hydrogens is 777 g/mol. The number of aromatic nitrogens is 4. The highest BCUT2D eigenvalue weighted by Gasteiger charge is 2.37. The molecule has 6 heterocycles. The second-order valence-electron chi connectivity index (χ2n) is 15.1. The molecule has 8 bridgehead atoms. The molecular formula is C51H40N6O3S+2. The molecule has 0 saturated heterocycles. The number of benzene rings is 5. The molecule has 61 heavy (non-hydrogen) atoms. The van der Waals surface area contributed by atoms with Crippen molar-refractivity contribution in [2.75, 3.05) is 0 Å². The Morgan fingerprint density at radius 1 is 0.492 bits per heavy atom. The Labute approximate surface area is 352 Å². The first kappa shape index (κ1) is 37.6. The zero-order valence-corrected chi connectivity index (χ0v) is 33.8. The molecule has 0 radical (unpaired) electrons. The van der Waals surface area contributed by atoms with Gasteiger partial charge in [0.05, 0.1) is 39.2 Å². The third-order valence-electron chi connectivity index (χ3n) is 11.2. The molecule has 6 N–H and O–H groups in total. The van der Waals surface area contributed by atoms with E-state index in [9.17, 15) is 13.2 Å². The van der Waals surface area contributed by atoms with Gasteiger partial charge in [0.1, 0.15) is 39.1 Å². The maximum absolute atomic E-state index is 14.9. The Bertz CT molecular complexity index is 3160. The zero-order valence-electron chi connectivity index (χ0n) is 33.0. The second kappa shape index (κ2) is 15.5. The Kier molecular flexibility index (Phi) is 9.55. The monoisotopic (exact) mass is 816 g/mol. The number of hydrogen-bond acceptors (Lipinski definition) is 3. The van der Waals surface area contributed by atoms with Gasteiger partial charge in [0, 0.05) is 58.9 Å². The molecule has 0 unspecified atom stereocenters. The standard InChI is InChI=1S/C51H39N6O3S/c1-32-22-24-37(25-23-32)61(59,60)57-56-51(58)48-49-46(35-18-10-4-11-19-35)42-30-28-40(53-42)44(33-14-6-2-7-15-33)38-26-27-39(52-38)45(34-16-8-3-9-17-34)41-29-31-43(54-41)47(50(48)55-49)36-20-12-5-13-21-36/h2-31,48,52-55,57H,1H3/q+1/p+1. The number of carbonyl (C=O) groups excluding carboxylic acids is 1. The highest BCUT2D eigenvalue weighted by atomic mass is 32.2. The second-order valence-corrected chi connectivity index (χ2v) is 16.8. The van der Waals surface area contributed by atoms with Crippen LogP contribution in [0.1, 0.15) is 22.9 Å². The highest BCUT2D eigenvalue weighted by molar-refractivity contribution is 7.89. The quantitative estimate of drug-likeness (QED) is 0.0672. The smallest absolute Gasteiger partial charge is 0.257 e. The number of nitrogens with one attached hydrogen (secondary N) is 6. The van der Waals surface area contributed by atoms with Crippen LogP contribution < -0.4 is 10.3 Å². The largest absolute Gasteiger partial charge is 0.359 e. The number of amides is 1. The lowest BCUT2D eigenvalue weighted by molar-refractivity contribution is -0.122. The maximum atomic E-state index is 14.9. The van der Waals surface area contributed by atoms with Crippen LogP contribution in [-0.2, 0) is 14.8 Å². The number of hydrazine groups is 1. The van der Waals surface area contributed by atoms with E-state index in [0.717, 1.165) is 83.2 Å². The molecule has 0 fully saturated rings. The predicted molar refractivity (Wildman–Crippen MR) is 245 cm³/mol. The molecule has 0 aliphatic carbocycles. The van der Waals surface area contributed by atoms with Gasteiger partial charge >= 0.3 is 0 Å². The molecule has 0 spiro atoms. The van der Waals surface area contributed by atoms with Gasteiger partial charge < -0.3 is 19.9 Å². The lowest BCUT2D eigenvalue weighted by Gasteiger charge is -2.29. The number of sulfonamides is 1. The normalized spacial score (nSPS) is 12.2. The number of aryl methyl sites for hydroxylation is 1. The average Bonchev–Trinajstić information content (AvgIpc) is 4.08. The minimum absolute atomic E-state index is 0.0375. The van der Waals surface area contributed by atoms with E-state index in [1.165, 1.54) is 12.1 Å². The van der Waals surface area contributed by atoms with E-state index in [0.29, 0.717) is 11.4 Å². The first-order valence-corrected chi connectivity index (χ1v) is 21.5. The molecule has 9 nitrogen and oxygen atoms in total. The van der Waals surface area contributed by atoms with Crippen molar-refractivity contribution in [2.24, 2.45) is 0 Å². The van der Waals surface area contributed by atoms with E-state index in [1.54, 1.807) is 12.1 Å². The summed E-state index contributed by atoms with van der Waals surface area (Å²) in [5.74, 6) is -1.50.